The van der Waals surface area contributed by atoms with Crippen molar-refractivity contribution in [1.82, 2.24) is 35.5 Å². The topological polar surface area (TPSA) is 178 Å². The molecule has 1 atom stereocenters. The van der Waals surface area contributed by atoms with E-state index in [1.165, 1.54) is 11.8 Å². The van der Waals surface area contributed by atoms with Crippen molar-refractivity contribution in [1.29, 1.82) is 0 Å². The van der Waals surface area contributed by atoms with E-state index in [0.29, 0.717) is 96.9 Å². The van der Waals surface area contributed by atoms with Crippen molar-refractivity contribution in [3.8, 4) is 17.1 Å². The molecule has 1 aliphatic rings. The molecule has 3 rings (SSSR count). The van der Waals surface area contributed by atoms with Crippen molar-refractivity contribution in [3.05, 3.63) is 30.1 Å². The van der Waals surface area contributed by atoms with Crippen LogP contribution in [0.3, 0.4) is 0 Å². The normalized spacial score (nSPS) is 14.2. The molecule has 0 aliphatic carbocycles. The molecule has 2 aromatic rings. The minimum Gasteiger partial charge on any atom is -0.491 e. The van der Waals surface area contributed by atoms with Crippen molar-refractivity contribution in [2.45, 2.75) is 31.4 Å². The SMILES string of the molecule is CSC(CC(=O)O)C(=O)NCCN1CCN(C(=O)CCCOCCOCCOCCOc2ccc(-c3nnc(C)nn3)cc2)CC1. The Balaban J connectivity index is 1.09. The molecule has 1 unspecified atom stereocenters. The number of carbonyl (C=O) groups excluding carboxylic acids is 2. The molecule has 2 heterocycles. The Morgan fingerprint density at radius 3 is 2.11 bits per heavy atom. The standard InChI is InChI=1S/C30H45N7O8S/c1-23-32-34-29(35-33-23)24-5-7-25(8-6-24)45-21-20-44-19-18-43-17-16-42-15-3-4-27(38)37-13-11-36(12-14-37)10-9-31-30(41)26(46-2)22-28(39)40/h5-8,26H,3-4,9-22H2,1-2H3,(H,31,41)(H,39,40). The molecule has 0 radical (unpaired) electrons. The largest absolute Gasteiger partial charge is 0.491 e. The van der Waals surface area contributed by atoms with Crippen molar-refractivity contribution < 1.29 is 38.4 Å². The molecule has 46 heavy (non-hydrogen) atoms. The van der Waals surface area contributed by atoms with E-state index in [-0.39, 0.29) is 18.2 Å². The number of ether oxygens (including phenoxy) is 4. The predicted octanol–water partition coefficient (Wildman–Crippen LogP) is 0.918. The van der Waals surface area contributed by atoms with Crippen molar-refractivity contribution in [2.75, 3.05) is 91.8 Å². The Morgan fingerprint density at radius 1 is 0.891 bits per heavy atom. The van der Waals surface area contributed by atoms with Gasteiger partial charge >= 0.3 is 5.97 Å². The van der Waals surface area contributed by atoms with Crippen LogP contribution in [0.5, 0.6) is 5.75 Å². The van der Waals surface area contributed by atoms with Crippen LogP contribution in [0.2, 0.25) is 0 Å². The predicted molar refractivity (Wildman–Crippen MR) is 171 cm³/mol. The number of benzene rings is 1. The maximum absolute atomic E-state index is 12.5. The van der Waals surface area contributed by atoms with Crippen LogP contribution in [0.1, 0.15) is 25.1 Å². The first-order valence-electron chi connectivity index (χ1n) is 15.4. The van der Waals surface area contributed by atoms with Crippen LogP contribution in [-0.2, 0) is 28.6 Å². The number of aliphatic carboxylic acids is 1. The molecule has 2 N–H and O–H groups in total. The summed E-state index contributed by atoms with van der Waals surface area (Å²) in [6.07, 6.45) is 2.62. The second-order valence-electron chi connectivity index (χ2n) is 10.4. The first kappa shape index (κ1) is 37.0. The maximum Gasteiger partial charge on any atom is 0.305 e. The monoisotopic (exact) mass is 663 g/mol. The highest BCUT2D eigenvalue weighted by molar-refractivity contribution is 7.99. The number of thioether (sulfide) groups is 1. The Labute approximate surface area is 273 Å². The molecular weight excluding hydrogens is 618 g/mol. The summed E-state index contributed by atoms with van der Waals surface area (Å²) in [5, 5.41) is 27.0. The van der Waals surface area contributed by atoms with Gasteiger partial charge in [-0.15, -0.1) is 20.4 Å². The van der Waals surface area contributed by atoms with Gasteiger partial charge in [0, 0.05) is 57.9 Å². The zero-order valence-corrected chi connectivity index (χ0v) is 27.4. The summed E-state index contributed by atoms with van der Waals surface area (Å²) in [5.74, 6) is 0.580. The van der Waals surface area contributed by atoms with Gasteiger partial charge in [0.2, 0.25) is 17.6 Å². The zero-order valence-electron chi connectivity index (χ0n) is 26.6. The third-order valence-electron chi connectivity index (χ3n) is 7.00. The van der Waals surface area contributed by atoms with Crippen molar-refractivity contribution in [2.24, 2.45) is 0 Å². The molecule has 15 nitrogen and oxygen atoms in total. The average molecular weight is 664 g/mol. The van der Waals surface area contributed by atoms with Gasteiger partial charge in [0.25, 0.3) is 0 Å². The fraction of sp³-hybridized carbons (Fsp3) is 0.633. The van der Waals surface area contributed by atoms with E-state index in [2.05, 4.69) is 30.6 Å². The fourth-order valence-electron chi connectivity index (χ4n) is 4.45. The van der Waals surface area contributed by atoms with Crippen LogP contribution in [0, 0.1) is 6.92 Å². The number of aromatic nitrogens is 4. The number of piperazine rings is 1. The zero-order chi connectivity index (χ0) is 33.0. The van der Waals surface area contributed by atoms with Crippen LogP contribution in [0.4, 0.5) is 0 Å². The van der Waals surface area contributed by atoms with Gasteiger partial charge in [-0.3, -0.25) is 19.3 Å². The Kier molecular flexibility index (Phi) is 17.2. The highest BCUT2D eigenvalue weighted by atomic mass is 32.2. The van der Waals surface area contributed by atoms with Crippen molar-refractivity contribution >= 4 is 29.5 Å². The summed E-state index contributed by atoms with van der Waals surface area (Å²) in [6.45, 7) is 8.78. The quantitative estimate of drug-likeness (QED) is 0.170. The summed E-state index contributed by atoms with van der Waals surface area (Å²) < 4.78 is 22.3. The van der Waals surface area contributed by atoms with Crippen LogP contribution >= 0.6 is 11.8 Å². The molecule has 254 valence electrons. The minimum atomic E-state index is -0.987. The van der Waals surface area contributed by atoms with Gasteiger partial charge in [-0.25, -0.2) is 0 Å². The molecule has 1 aliphatic heterocycles. The lowest BCUT2D eigenvalue weighted by Gasteiger charge is -2.34. The van der Waals surface area contributed by atoms with Crippen LogP contribution < -0.4 is 10.1 Å². The number of nitrogens with zero attached hydrogens (tertiary/aromatic N) is 6. The first-order chi connectivity index (χ1) is 22.4. The van der Waals surface area contributed by atoms with Gasteiger partial charge in [-0.2, -0.15) is 11.8 Å². The second-order valence-corrected chi connectivity index (χ2v) is 11.5. The highest BCUT2D eigenvalue weighted by Gasteiger charge is 2.22. The number of nitrogens with one attached hydrogen (secondary N) is 1. The van der Waals surface area contributed by atoms with E-state index in [1.54, 1.807) is 13.2 Å². The molecule has 16 heteroatoms. The van der Waals surface area contributed by atoms with Crippen LogP contribution in [-0.4, -0.2) is 150 Å². The van der Waals surface area contributed by atoms with Gasteiger partial charge in [-0.05, 0) is 43.9 Å². The summed E-state index contributed by atoms with van der Waals surface area (Å²) >= 11 is 1.23. The lowest BCUT2D eigenvalue weighted by molar-refractivity contribution is -0.138. The molecule has 1 aromatic carbocycles. The van der Waals surface area contributed by atoms with E-state index < -0.39 is 11.2 Å². The summed E-state index contributed by atoms with van der Waals surface area (Å²) in [6, 6.07) is 7.38. The number of amides is 2. The lowest BCUT2D eigenvalue weighted by atomic mass is 10.2. The third kappa shape index (κ3) is 14.3. The molecule has 1 fully saturated rings. The molecular formula is C30H45N7O8S. The molecule has 1 aromatic heterocycles. The smallest absolute Gasteiger partial charge is 0.305 e. The third-order valence-corrected chi connectivity index (χ3v) is 7.95. The average Bonchev–Trinajstić information content (AvgIpc) is 3.06. The summed E-state index contributed by atoms with van der Waals surface area (Å²) in [7, 11) is 0. The van der Waals surface area contributed by atoms with E-state index in [1.807, 2.05) is 29.2 Å². The van der Waals surface area contributed by atoms with Crippen molar-refractivity contribution in [3.63, 3.8) is 0 Å². The van der Waals surface area contributed by atoms with Gasteiger partial charge in [-0.1, -0.05) is 0 Å². The van der Waals surface area contributed by atoms with Crippen LogP contribution in [0.15, 0.2) is 24.3 Å². The number of carboxylic acid groups (broad SMARTS) is 1. The maximum atomic E-state index is 12.5. The summed E-state index contributed by atoms with van der Waals surface area (Å²) in [4.78, 5) is 39.6. The molecule has 0 saturated carbocycles. The van der Waals surface area contributed by atoms with Gasteiger partial charge in [0.1, 0.15) is 12.4 Å². The van der Waals surface area contributed by atoms with E-state index >= 15 is 0 Å². The summed E-state index contributed by atoms with van der Waals surface area (Å²) in [5.41, 5.74) is 0.810. The molecule has 2 amide bonds. The minimum absolute atomic E-state index is 0.120. The Morgan fingerprint density at radius 2 is 1.50 bits per heavy atom. The molecule has 0 bridgehead atoms. The number of hydrogen-bond acceptors (Lipinski definition) is 13. The lowest BCUT2D eigenvalue weighted by Crippen LogP contribution is -2.50. The van der Waals surface area contributed by atoms with E-state index in [9.17, 15) is 14.4 Å². The first-order valence-corrected chi connectivity index (χ1v) is 16.7. The number of carboxylic acids is 1. The fourth-order valence-corrected chi connectivity index (χ4v) is 5.06. The number of carbonyl (C=O) groups is 3. The van der Waals surface area contributed by atoms with Gasteiger partial charge < -0.3 is 34.3 Å². The molecule has 0 spiro atoms. The van der Waals surface area contributed by atoms with Gasteiger partial charge in [0.15, 0.2) is 5.82 Å². The van der Waals surface area contributed by atoms with E-state index in [0.717, 1.165) is 24.4 Å². The Bertz CT molecular complexity index is 1180. The molecule has 1 saturated heterocycles. The number of rotatable bonds is 22. The number of aryl methyl sites for hydroxylation is 1. The number of hydrogen-bond donors (Lipinski definition) is 2. The van der Waals surface area contributed by atoms with Gasteiger partial charge in [0.05, 0.1) is 44.7 Å². The highest BCUT2D eigenvalue weighted by Crippen LogP contribution is 2.18. The van der Waals surface area contributed by atoms with E-state index in [4.69, 9.17) is 24.1 Å². The Hall–Kier alpha value is -3.44. The van der Waals surface area contributed by atoms with Crippen LogP contribution in [0.25, 0.3) is 11.4 Å². The second kappa shape index (κ2) is 21.4.